The van der Waals surface area contributed by atoms with Gasteiger partial charge < -0.3 is 15.0 Å². The highest BCUT2D eigenvalue weighted by Gasteiger charge is 2.26. The molecule has 0 aromatic heterocycles. The molecule has 0 radical (unpaired) electrons. The minimum absolute atomic E-state index is 0.516. The van der Waals surface area contributed by atoms with E-state index in [9.17, 15) is 5.02 Å². The van der Waals surface area contributed by atoms with Crippen molar-refractivity contribution in [2.75, 3.05) is 6.54 Å². The van der Waals surface area contributed by atoms with Crippen molar-refractivity contribution in [2.45, 2.75) is 19.6 Å². The van der Waals surface area contributed by atoms with Crippen molar-refractivity contribution in [3.05, 3.63) is 65.2 Å². The maximum atomic E-state index is 9.58. The molecule has 3 nitrogen and oxygen atoms in total. The fourth-order valence-electron chi connectivity index (χ4n) is 2.50. The van der Waals surface area contributed by atoms with Crippen LogP contribution in [0.1, 0.15) is 16.7 Å². The molecule has 1 aliphatic heterocycles. The first-order valence-electron chi connectivity index (χ1n) is 6.99. The summed E-state index contributed by atoms with van der Waals surface area (Å²) in [6.45, 7) is 2.35. The van der Waals surface area contributed by atoms with Crippen LogP contribution >= 0.6 is 0 Å². The number of hydrogen-bond donors (Lipinski definition) is 2. The number of rotatable bonds is 5. The minimum atomic E-state index is -0.741. The molecule has 0 saturated heterocycles. The highest BCUT2D eigenvalue weighted by atomic mass is 16.5. The maximum absolute atomic E-state index is 9.58. The molecule has 3 rings (SSSR count). The number of hydrogen-bond acceptors (Lipinski definition) is 3. The van der Waals surface area contributed by atoms with Crippen LogP contribution in [-0.4, -0.2) is 18.7 Å². The fourth-order valence-corrected chi connectivity index (χ4v) is 2.50. The van der Waals surface area contributed by atoms with Crippen molar-refractivity contribution in [1.82, 2.24) is 5.32 Å². The lowest BCUT2D eigenvalue weighted by molar-refractivity contribution is 0.275. The summed E-state index contributed by atoms with van der Waals surface area (Å²) in [6.07, 6.45) is 0.982. The Morgan fingerprint density at radius 1 is 1.10 bits per heavy atom. The third kappa shape index (κ3) is 3.10. The topological polar surface area (TPSA) is 41.5 Å². The smallest absolute Gasteiger partial charge is 0.423 e. The van der Waals surface area contributed by atoms with Gasteiger partial charge in [0.1, 0.15) is 0 Å². The van der Waals surface area contributed by atoms with Gasteiger partial charge >= 0.3 is 7.12 Å². The largest absolute Gasteiger partial charge is 0.491 e. The second-order valence-corrected chi connectivity index (χ2v) is 5.11. The Labute approximate surface area is 119 Å². The molecule has 0 bridgehead atoms. The summed E-state index contributed by atoms with van der Waals surface area (Å²) in [7, 11) is -0.741. The average molecular weight is 267 g/mol. The van der Waals surface area contributed by atoms with E-state index < -0.39 is 7.12 Å². The lowest BCUT2D eigenvalue weighted by Crippen LogP contribution is -2.28. The SMILES string of the molecule is OB1OCc2cc(CCNCc3ccccc3)ccc21. The molecule has 0 amide bonds. The molecule has 2 aromatic rings. The van der Waals surface area contributed by atoms with Gasteiger partial charge in [0.2, 0.25) is 0 Å². The van der Waals surface area contributed by atoms with Gasteiger partial charge in [0, 0.05) is 6.54 Å². The van der Waals surface area contributed by atoms with E-state index in [1.807, 2.05) is 12.1 Å². The van der Waals surface area contributed by atoms with Crippen LogP contribution in [0.15, 0.2) is 48.5 Å². The Kier molecular flexibility index (Phi) is 4.16. The zero-order chi connectivity index (χ0) is 13.8. The first-order chi connectivity index (χ1) is 9.83. The van der Waals surface area contributed by atoms with Gasteiger partial charge in [-0.25, -0.2) is 0 Å². The van der Waals surface area contributed by atoms with Crippen LogP contribution in [0.4, 0.5) is 0 Å². The first kappa shape index (κ1) is 13.4. The zero-order valence-corrected chi connectivity index (χ0v) is 11.4. The Morgan fingerprint density at radius 2 is 1.95 bits per heavy atom. The Balaban J connectivity index is 1.50. The lowest BCUT2D eigenvalue weighted by atomic mass is 9.79. The lowest BCUT2D eigenvalue weighted by Gasteiger charge is -2.06. The first-order valence-corrected chi connectivity index (χ1v) is 6.99. The monoisotopic (exact) mass is 267 g/mol. The molecule has 102 valence electrons. The molecule has 1 aliphatic rings. The molecular weight excluding hydrogens is 249 g/mol. The molecule has 4 heteroatoms. The van der Waals surface area contributed by atoms with E-state index in [1.54, 1.807) is 0 Å². The summed E-state index contributed by atoms with van der Waals surface area (Å²) >= 11 is 0. The summed E-state index contributed by atoms with van der Waals surface area (Å²) in [5.41, 5.74) is 4.60. The van der Waals surface area contributed by atoms with E-state index >= 15 is 0 Å². The van der Waals surface area contributed by atoms with Crippen LogP contribution in [0.3, 0.4) is 0 Å². The molecule has 20 heavy (non-hydrogen) atoms. The average Bonchev–Trinajstić information content (AvgIpc) is 2.86. The van der Waals surface area contributed by atoms with E-state index in [1.165, 1.54) is 11.1 Å². The molecule has 1 heterocycles. The van der Waals surface area contributed by atoms with Crippen molar-refractivity contribution in [3.63, 3.8) is 0 Å². The second-order valence-electron chi connectivity index (χ2n) is 5.11. The van der Waals surface area contributed by atoms with E-state index in [0.29, 0.717) is 6.61 Å². The molecule has 0 saturated carbocycles. The van der Waals surface area contributed by atoms with Gasteiger partial charge in [-0.3, -0.25) is 0 Å². The van der Waals surface area contributed by atoms with Crippen molar-refractivity contribution < 1.29 is 9.68 Å². The Morgan fingerprint density at radius 3 is 2.80 bits per heavy atom. The molecule has 2 N–H and O–H groups in total. The molecule has 0 atom stereocenters. The summed E-state index contributed by atoms with van der Waals surface area (Å²) in [6, 6.07) is 16.6. The van der Waals surface area contributed by atoms with Gasteiger partial charge in [-0.1, -0.05) is 48.5 Å². The summed E-state index contributed by atoms with van der Waals surface area (Å²) in [4.78, 5) is 0. The van der Waals surface area contributed by atoms with Crippen LogP contribution < -0.4 is 10.8 Å². The molecule has 0 fully saturated rings. The van der Waals surface area contributed by atoms with Crippen molar-refractivity contribution in [2.24, 2.45) is 0 Å². The molecule has 0 aliphatic carbocycles. The van der Waals surface area contributed by atoms with Gasteiger partial charge in [-0.05, 0) is 35.1 Å². The van der Waals surface area contributed by atoms with Crippen LogP contribution in [0.2, 0.25) is 0 Å². The van der Waals surface area contributed by atoms with Gasteiger partial charge in [0.05, 0.1) is 6.61 Å². The number of fused-ring (bicyclic) bond motifs is 1. The standard InChI is InChI=1S/C16H18BNO2/c19-17-16-7-6-13(10-15(16)12-20-17)8-9-18-11-14-4-2-1-3-5-14/h1-7,10,18-19H,8-9,11-12H2. The normalized spacial score (nSPS) is 13.6. The third-order valence-corrected chi connectivity index (χ3v) is 3.63. The summed E-state index contributed by atoms with van der Waals surface area (Å²) in [5, 5.41) is 13.0. The van der Waals surface area contributed by atoms with E-state index in [0.717, 1.165) is 30.5 Å². The van der Waals surface area contributed by atoms with Crippen molar-refractivity contribution in [3.8, 4) is 0 Å². The van der Waals surface area contributed by atoms with Gasteiger partial charge in [-0.15, -0.1) is 0 Å². The van der Waals surface area contributed by atoms with E-state index in [2.05, 4.69) is 41.7 Å². The van der Waals surface area contributed by atoms with Crippen molar-refractivity contribution >= 4 is 12.6 Å². The Hall–Kier alpha value is -1.62. The van der Waals surface area contributed by atoms with Gasteiger partial charge in [0.15, 0.2) is 0 Å². The minimum Gasteiger partial charge on any atom is -0.423 e. The van der Waals surface area contributed by atoms with Crippen LogP contribution in [0.5, 0.6) is 0 Å². The molecule has 2 aromatic carbocycles. The number of benzene rings is 2. The van der Waals surface area contributed by atoms with Gasteiger partial charge in [-0.2, -0.15) is 0 Å². The van der Waals surface area contributed by atoms with Crippen molar-refractivity contribution in [1.29, 1.82) is 0 Å². The highest BCUT2D eigenvalue weighted by molar-refractivity contribution is 6.61. The quantitative estimate of drug-likeness (QED) is 0.632. The predicted octanol–water partition coefficient (Wildman–Crippen LogP) is 1.24. The van der Waals surface area contributed by atoms with E-state index in [4.69, 9.17) is 4.65 Å². The third-order valence-electron chi connectivity index (χ3n) is 3.63. The fraction of sp³-hybridized carbons (Fsp3) is 0.250. The number of nitrogens with one attached hydrogen (secondary N) is 1. The predicted molar refractivity (Wildman–Crippen MR) is 80.7 cm³/mol. The van der Waals surface area contributed by atoms with Gasteiger partial charge in [0.25, 0.3) is 0 Å². The zero-order valence-electron chi connectivity index (χ0n) is 11.4. The maximum Gasteiger partial charge on any atom is 0.491 e. The van der Waals surface area contributed by atoms with Crippen LogP contribution in [-0.2, 0) is 24.2 Å². The summed E-state index contributed by atoms with van der Waals surface area (Å²) < 4.78 is 5.20. The molecule has 0 unspecified atom stereocenters. The Bertz CT molecular complexity index is 574. The highest BCUT2D eigenvalue weighted by Crippen LogP contribution is 2.12. The molecular formula is C16H18BNO2. The molecule has 0 spiro atoms. The van der Waals surface area contributed by atoms with Crippen LogP contribution in [0, 0.1) is 0 Å². The van der Waals surface area contributed by atoms with E-state index in [-0.39, 0.29) is 0 Å². The second kappa shape index (κ2) is 6.22. The van der Waals surface area contributed by atoms with Crippen LogP contribution in [0.25, 0.3) is 0 Å². The summed E-state index contributed by atoms with van der Waals surface area (Å²) in [5.74, 6) is 0.